The molecule has 5 nitrogen and oxygen atoms in total. The lowest BCUT2D eigenvalue weighted by atomic mass is 10.1. The summed E-state index contributed by atoms with van der Waals surface area (Å²) < 4.78 is 91.6. The highest BCUT2D eigenvalue weighted by atomic mass is 32.2. The normalized spacial score (nSPS) is 19.4. The molecule has 0 N–H and O–H groups in total. The number of rotatable bonds is 6. The minimum atomic E-state index is -2.98. The monoisotopic (exact) mass is 384 g/mol. The summed E-state index contributed by atoms with van der Waals surface area (Å²) in [5.41, 5.74) is 0.748. The Labute approximate surface area is 168 Å². The van der Waals surface area contributed by atoms with Crippen molar-refractivity contribution in [2.75, 3.05) is 17.9 Å². The fourth-order valence-electron chi connectivity index (χ4n) is 1.81. The van der Waals surface area contributed by atoms with E-state index in [0.29, 0.717) is 5.56 Å². The zero-order valence-electron chi connectivity index (χ0n) is 22.6. The summed E-state index contributed by atoms with van der Waals surface area (Å²) >= 11 is 0. The molecule has 1 atom stereocenters. The predicted molar refractivity (Wildman–Crippen MR) is 106 cm³/mol. The number of benzene rings is 1. The zero-order valence-corrected chi connectivity index (χ0v) is 15.4. The fraction of sp³-hybridized carbons (Fsp3) is 0.421. The van der Waals surface area contributed by atoms with E-state index >= 15 is 0 Å². The molecule has 0 aliphatic carbocycles. The van der Waals surface area contributed by atoms with E-state index < -0.39 is 54.2 Å². The van der Waals surface area contributed by atoms with Crippen molar-refractivity contribution in [2.24, 2.45) is 4.40 Å². The summed E-state index contributed by atoms with van der Waals surface area (Å²) in [5, 5.41) is 0. The van der Waals surface area contributed by atoms with Crippen molar-refractivity contribution < 1.29 is 19.6 Å². The van der Waals surface area contributed by atoms with Crippen LogP contribution in [0.5, 0.6) is 0 Å². The Morgan fingerprint density at radius 3 is 2.27 bits per heavy atom. The van der Waals surface area contributed by atoms with Crippen molar-refractivity contribution in [1.29, 1.82) is 0 Å². The quantitative estimate of drug-likeness (QED) is 0.712. The molecule has 1 aromatic carbocycles. The first kappa shape index (κ1) is 11.5. The summed E-state index contributed by atoms with van der Waals surface area (Å²) in [5.74, 6) is -1.09. The molecule has 0 saturated heterocycles. The molecule has 0 amide bonds. The van der Waals surface area contributed by atoms with E-state index in [0.717, 1.165) is 12.4 Å². The molecule has 1 heterocycles. The van der Waals surface area contributed by atoms with E-state index in [4.69, 9.17) is 11.0 Å². The van der Waals surface area contributed by atoms with Crippen LogP contribution in [0.25, 0.3) is 0 Å². The van der Waals surface area contributed by atoms with Gasteiger partial charge in [-0.25, -0.2) is 18.6 Å². The molecule has 1 aromatic heterocycles. The van der Waals surface area contributed by atoms with Gasteiger partial charge in [0.25, 0.3) is 0 Å². The average Bonchev–Trinajstić information content (AvgIpc) is 2.72. The van der Waals surface area contributed by atoms with E-state index in [1.807, 2.05) is 0 Å². The molecule has 0 saturated carbocycles. The Balaban J connectivity index is 2.64. The Morgan fingerprint density at radius 1 is 1.19 bits per heavy atom. The second-order valence-corrected chi connectivity index (χ2v) is 8.08. The minimum Gasteiger partial charge on any atom is -0.341 e. The molecule has 0 aliphatic heterocycles. The molecule has 0 unspecified atom stereocenters. The van der Waals surface area contributed by atoms with E-state index in [1.165, 1.54) is 24.3 Å². The molecule has 0 radical (unpaired) electrons. The SMILES string of the molecule is [2H]C([2H])C([2H])([2H])N(c1ncc(/C(=N\[S@@](=O)C(C)(C)C)c2ccc(F)cc2)cn1)C([2H])([2H])C([2H])[2H]. The number of nitrogens with zero attached hydrogens (tertiary/aromatic N) is 4. The van der Waals surface area contributed by atoms with Gasteiger partial charge < -0.3 is 4.90 Å². The van der Waals surface area contributed by atoms with Crippen LogP contribution in [-0.4, -0.2) is 37.6 Å². The third-order valence-electron chi connectivity index (χ3n) is 3.19. The van der Waals surface area contributed by atoms with Gasteiger partial charge in [0.05, 0.1) is 10.5 Å². The second kappa shape index (κ2) is 8.49. The summed E-state index contributed by atoms with van der Waals surface area (Å²) in [6, 6.07) is 5.22. The van der Waals surface area contributed by atoms with E-state index in [2.05, 4.69) is 14.4 Å². The molecule has 0 aliphatic rings. The Kier molecular flexibility index (Phi) is 3.77. The summed E-state index contributed by atoms with van der Waals surface area (Å²) in [6.45, 7) is -5.24. The highest BCUT2D eigenvalue weighted by Crippen LogP contribution is 2.18. The van der Waals surface area contributed by atoms with E-state index in [1.54, 1.807) is 20.8 Å². The maximum Gasteiger partial charge on any atom is 0.225 e. The van der Waals surface area contributed by atoms with Crippen molar-refractivity contribution in [2.45, 2.75) is 39.3 Å². The fourth-order valence-corrected chi connectivity index (χ4v) is 2.46. The minimum absolute atomic E-state index is 0.148. The smallest absolute Gasteiger partial charge is 0.225 e. The maximum absolute atomic E-state index is 13.4. The van der Waals surface area contributed by atoms with Crippen LogP contribution < -0.4 is 4.90 Å². The van der Waals surface area contributed by atoms with Crippen molar-refractivity contribution in [3.8, 4) is 0 Å². The molecule has 0 fully saturated rings. The number of anilines is 1. The van der Waals surface area contributed by atoms with Crippen molar-refractivity contribution >= 4 is 22.6 Å². The van der Waals surface area contributed by atoms with Crippen molar-refractivity contribution in [3.05, 3.63) is 53.6 Å². The molecule has 2 aromatic rings. The number of hydrogen-bond donors (Lipinski definition) is 0. The zero-order chi connectivity index (χ0) is 26.1. The summed E-state index contributed by atoms with van der Waals surface area (Å²) in [6.07, 6.45) is 2.30. The number of hydrogen-bond acceptors (Lipinski definition) is 4. The molecule has 0 bridgehead atoms. The standard InChI is InChI=1S/C19H25FN4OS/c1-6-24(7-2)18-21-12-15(13-22-18)17(23-26(25)19(3,4)5)14-8-10-16(20)11-9-14/h8-13H,6-7H2,1-5H3/b23-17-/t26-/m0/s1/i1D2,2D2,6D2,7D2. The average molecular weight is 385 g/mol. The van der Waals surface area contributed by atoms with Crippen LogP contribution >= 0.6 is 0 Å². The van der Waals surface area contributed by atoms with Crippen LogP contribution in [0.3, 0.4) is 0 Å². The Hall–Kier alpha value is -2.15. The first-order valence-electron chi connectivity index (χ1n) is 11.9. The van der Waals surface area contributed by atoms with Crippen LogP contribution in [0.2, 0.25) is 0 Å². The van der Waals surface area contributed by atoms with Crippen LogP contribution in [-0.2, 0) is 11.0 Å². The summed E-state index contributed by atoms with van der Waals surface area (Å²) in [7, 11) is -1.72. The molecule has 2 rings (SSSR count). The van der Waals surface area contributed by atoms with Crippen LogP contribution in [0.15, 0.2) is 41.1 Å². The highest BCUT2D eigenvalue weighted by molar-refractivity contribution is 7.85. The van der Waals surface area contributed by atoms with Crippen molar-refractivity contribution in [1.82, 2.24) is 9.97 Å². The predicted octanol–water partition coefficient (Wildman–Crippen LogP) is 3.76. The third-order valence-corrected chi connectivity index (χ3v) is 4.58. The van der Waals surface area contributed by atoms with Gasteiger partial charge in [-0.15, -0.1) is 0 Å². The number of halogens is 1. The maximum atomic E-state index is 13.4. The van der Waals surface area contributed by atoms with Crippen LogP contribution in [0, 0.1) is 5.82 Å². The van der Waals surface area contributed by atoms with Gasteiger partial charge in [0.1, 0.15) is 16.8 Å². The lowest BCUT2D eigenvalue weighted by molar-refractivity contribution is 0.628. The number of aromatic nitrogens is 2. The van der Waals surface area contributed by atoms with E-state index in [9.17, 15) is 8.60 Å². The summed E-state index contributed by atoms with van der Waals surface area (Å²) in [4.78, 5) is 8.14. The molecule has 140 valence electrons. The highest BCUT2D eigenvalue weighted by Gasteiger charge is 2.21. The Morgan fingerprint density at radius 2 is 1.77 bits per heavy atom. The van der Waals surface area contributed by atoms with Gasteiger partial charge in [0.2, 0.25) is 5.95 Å². The van der Waals surface area contributed by atoms with Gasteiger partial charge in [-0.1, -0.05) is 0 Å². The largest absolute Gasteiger partial charge is 0.341 e. The van der Waals surface area contributed by atoms with Gasteiger partial charge in [-0.2, -0.15) is 4.40 Å². The van der Waals surface area contributed by atoms with Crippen LogP contribution in [0.4, 0.5) is 10.3 Å². The van der Waals surface area contributed by atoms with Crippen LogP contribution in [0.1, 0.15) is 56.6 Å². The first-order valence-corrected chi connectivity index (χ1v) is 8.68. The van der Waals surface area contributed by atoms with Gasteiger partial charge in [-0.05, 0) is 58.8 Å². The third kappa shape index (κ3) is 4.94. The van der Waals surface area contributed by atoms with Crippen molar-refractivity contribution in [3.63, 3.8) is 0 Å². The topological polar surface area (TPSA) is 58.5 Å². The molecule has 7 heteroatoms. The van der Waals surface area contributed by atoms with Gasteiger partial charge >= 0.3 is 0 Å². The lowest BCUT2D eigenvalue weighted by Gasteiger charge is -2.19. The van der Waals surface area contributed by atoms with E-state index in [-0.39, 0.29) is 16.2 Å². The van der Waals surface area contributed by atoms with Gasteiger partial charge in [-0.3, -0.25) is 0 Å². The lowest BCUT2D eigenvalue weighted by Crippen LogP contribution is -2.24. The molecular weight excluding hydrogens is 351 g/mol. The molecule has 0 spiro atoms. The first-order chi connectivity index (χ1) is 15.5. The molecular formula is C19H25FN4OS. The van der Waals surface area contributed by atoms with Gasteiger partial charge in [0.15, 0.2) is 0 Å². The second-order valence-electron chi connectivity index (χ2n) is 6.17. The van der Waals surface area contributed by atoms with Gasteiger partial charge in [0, 0.05) is 47.5 Å². The molecule has 26 heavy (non-hydrogen) atoms. The Bertz CT molecular complexity index is 1020.